The highest BCUT2D eigenvalue weighted by Gasteiger charge is 2.20. The Morgan fingerprint density at radius 1 is 0.690 bits per heavy atom. The first-order valence-corrected chi connectivity index (χ1v) is 9.46. The molecule has 0 bridgehead atoms. The van der Waals surface area contributed by atoms with Crippen molar-refractivity contribution in [3.05, 3.63) is 101 Å². The maximum Gasteiger partial charge on any atom is 0.261 e. The molecule has 0 aliphatic heterocycles. The van der Waals surface area contributed by atoms with E-state index in [1.54, 1.807) is 6.08 Å². The second-order valence-corrected chi connectivity index (χ2v) is 7.01. The van der Waals surface area contributed by atoms with Crippen molar-refractivity contribution in [3.8, 4) is 0 Å². The molecule has 4 heteroatoms. The van der Waals surface area contributed by atoms with Crippen molar-refractivity contribution in [1.29, 1.82) is 0 Å². The molecule has 0 saturated carbocycles. The van der Waals surface area contributed by atoms with Crippen molar-refractivity contribution in [2.45, 2.75) is 20.8 Å². The average molecular weight is 384 g/mol. The fourth-order valence-electron chi connectivity index (χ4n) is 2.97. The van der Waals surface area contributed by atoms with Gasteiger partial charge in [-0.05, 0) is 55.7 Å². The van der Waals surface area contributed by atoms with Gasteiger partial charge in [0.25, 0.3) is 11.8 Å². The van der Waals surface area contributed by atoms with Gasteiger partial charge in [-0.1, -0.05) is 66.2 Å². The van der Waals surface area contributed by atoms with E-state index >= 15 is 0 Å². The molecule has 0 saturated heterocycles. The van der Waals surface area contributed by atoms with Crippen LogP contribution >= 0.6 is 0 Å². The van der Waals surface area contributed by atoms with Gasteiger partial charge < -0.3 is 10.6 Å². The summed E-state index contributed by atoms with van der Waals surface area (Å²) in [5.41, 5.74) is 5.09. The van der Waals surface area contributed by atoms with Crippen molar-refractivity contribution < 1.29 is 9.59 Å². The third-order valence-electron chi connectivity index (χ3n) is 4.63. The van der Waals surface area contributed by atoms with Gasteiger partial charge in [-0.25, -0.2) is 0 Å². The third-order valence-corrected chi connectivity index (χ3v) is 4.63. The molecule has 0 aliphatic carbocycles. The van der Waals surface area contributed by atoms with E-state index in [9.17, 15) is 9.59 Å². The van der Waals surface area contributed by atoms with Crippen LogP contribution < -0.4 is 10.6 Å². The molecule has 0 unspecified atom stereocenters. The van der Waals surface area contributed by atoms with Gasteiger partial charge in [0.2, 0.25) is 0 Å². The van der Waals surface area contributed by atoms with Crippen LogP contribution in [0.3, 0.4) is 0 Å². The van der Waals surface area contributed by atoms with Gasteiger partial charge >= 0.3 is 0 Å². The number of rotatable bonds is 5. The Morgan fingerprint density at radius 3 is 1.69 bits per heavy atom. The first-order chi connectivity index (χ1) is 13.9. The second-order valence-electron chi connectivity index (χ2n) is 7.01. The topological polar surface area (TPSA) is 58.2 Å². The summed E-state index contributed by atoms with van der Waals surface area (Å²) in [5.74, 6) is -0.904. The van der Waals surface area contributed by atoms with Crippen molar-refractivity contribution in [3.63, 3.8) is 0 Å². The molecule has 2 amide bonds. The monoisotopic (exact) mass is 384 g/mol. The van der Waals surface area contributed by atoms with Gasteiger partial charge in [0.15, 0.2) is 0 Å². The summed E-state index contributed by atoms with van der Waals surface area (Å²) in [6, 6.07) is 22.6. The van der Waals surface area contributed by atoms with E-state index in [4.69, 9.17) is 0 Å². The molecule has 0 heterocycles. The molecule has 3 rings (SSSR count). The standard InChI is InChI=1S/C25H24N2O2/c1-17-9-8-12-20(15-17)16-21(24(28)26-22-13-6-4-10-18(22)2)25(29)27-23-14-7-5-11-19(23)3/h4-16H,1-3H3,(H,26,28)(H,27,29). The van der Waals surface area contributed by atoms with Crippen LogP contribution in [0.2, 0.25) is 0 Å². The van der Waals surface area contributed by atoms with Gasteiger partial charge in [-0.15, -0.1) is 0 Å². The van der Waals surface area contributed by atoms with Crippen molar-refractivity contribution >= 4 is 29.3 Å². The normalized spacial score (nSPS) is 10.2. The summed E-state index contributed by atoms with van der Waals surface area (Å²) in [6.07, 6.45) is 1.62. The highest BCUT2D eigenvalue weighted by molar-refractivity contribution is 6.29. The second kappa shape index (κ2) is 9.02. The molecule has 0 atom stereocenters. The van der Waals surface area contributed by atoms with Crippen molar-refractivity contribution in [2.24, 2.45) is 0 Å². The lowest BCUT2D eigenvalue weighted by Gasteiger charge is -2.13. The number of nitrogens with one attached hydrogen (secondary N) is 2. The van der Waals surface area contributed by atoms with E-state index in [0.29, 0.717) is 11.4 Å². The first kappa shape index (κ1) is 20.1. The lowest BCUT2D eigenvalue weighted by atomic mass is 10.1. The zero-order valence-electron chi connectivity index (χ0n) is 16.8. The predicted octanol–water partition coefficient (Wildman–Crippen LogP) is 5.27. The molecule has 0 fully saturated rings. The predicted molar refractivity (Wildman–Crippen MR) is 119 cm³/mol. The number of para-hydroxylation sites is 2. The average Bonchev–Trinajstić information content (AvgIpc) is 2.69. The van der Waals surface area contributed by atoms with Crippen molar-refractivity contribution in [1.82, 2.24) is 0 Å². The van der Waals surface area contributed by atoms with Crippen LogP contribution in [0.1, 0.15) is 22.3 Å². The number of anilines is 2. The van der Waals surface area contributed by atoms with Crippen LogP contribution in [0.5, 0.6) is 0 Å². The number of carbonyl (C=O) groups is 2. The number of carbonyl (C=O) groups excluding carboxylic acids is 2. The summed E-state index contributed by atoms with van der Waals surface area (Å²) >= 11 is 0. The zero-order chi connectivity index (χ0) is 20.8. The van der Waals surface area contributed by atoms with Gasteiger partial charge in [-0.3, -0.25) is 9.59 Å². The van der Waals surface area contributed by atoms with Crippen LogP contribution in [0, 0.1) is 20.8 Å². The Hall–Kier alpha value is -3.66. The number of hydrogen-bond donors (Lipinski definition) is 2. The minimum absolute atomic E-state index is 0.0436. The van der Waals surface area contributed by atoms with E-state index in [1.807, 2.05) is 93.6 Å². The fourth-order valence-corrected chi connectivity index (χ4v) is 2.97. The third kappa shape index (κ3) is 5.20. The molecule has 0 spiro atoms. The maximum absolute atomic E-state index is 13.0. The molecule has 2 N–H and O–H groups in total. The Balaban J connectivity index is 1.95. The van der Waals surface area contributed by atoms with E-state index in [1.165, 1.54) is 0 Å². The number of aryl methyl sites for hydroxylation is 3. The van der Waals surface area contributed by atoms with Gasteiger partial charge in [0, 0.05) is 11.4 Å². The lowest BCUT2D eigenvalue weighted by Crippen LogP contribution is -2.25. The molecular formula is C25H24N2O2. The Labute approximate surface area is 171 Å². The van der Waals surface area contributed by atoms with Gasteiger partial charge in [0.1, 0.15) is 5.57 Å². The van der Waals surface area contributed by atoms with Crippen LogP contribution in [-0.2, 0) is 9.59 Å². The molecule has 0 aliphatic rings. The molecular weight excluding hydrogens is 360 g/mol. The molecule has 29 heavy (non-hydrogen) atoms. The van der Waals surface area contributed by atoms with Crippen LogP contribution in [0.25, 0.3) is 6.08 Å². The summed E-state index contributed by atoms with van der Waals surface area (Å²) < 4.78 is 0. The highest BCUT2D eigenvalue weighted by Crippen LogP contribution is 2.19. The van der Waals surface area contributed by atoms with E-state index in [2.05, 4.69) is 10.6 Å². The fraction of sp³-hybridized carbons (Fsp3) is 0.120. The van der Waals surface area contributed by atoms with Gasteiger partial charge in [0.05, 0.1) is 0 Å². The first-order valence-electron chi connectivity index (χ1n) is 9.46. The molecule has 0 aromatic heterocycles. The summed E-state index contributed by atoms with van der Waals surface area (Å²) in [6.45, 7) is 5.79. The molecule has 146 valence electrons. The van der Waals surface area contributed by atoms with Crippen molar-refractivity contribution in [2.75, 3.05) is 10.6 Å². The Morgan fingerprint density at radius 2 is 1.21 bits per heavy atom. The Kier molecular flexibility index (Phi) is 6.25. The van der Waals surface area contributed by atoms with Crippen LogP contribution in [0.15, 0.2) is 78.4 Å². The summed E-state index contributed by atoms with van der Waals surface area (Å²) in [7, 11) is 0. The molecule has 3 aromatic carbocycles. The quantitative estimate of drug-likeness (QED) is 0.357. The molecule has 0 radical (unpaired) electrons. The summed E-state index contributed by atoms with van der Waals surface area (Å²) in [4.78, 5) is 26.1. The highest BCUT2D eigenvalue weighted by atomic mass is 16.2. The largest absolute Gasteiger partial charge is 0.322 e. The SMILES string of the molecule is Cc1cccc(C=C(C(=O)Nc2ccccc2C)C(=O)Nc2ccccc2C)c1. The molecule has 4 nitrogen and oxygen atoms in total. The minimum Gasteiger partial charge on any atom is -0.322 e. The van der Waals surface area contributed by atoms with E-state index in [0.717, 1.165) is 22.3 Å². The number of benzene rings is 3. The molecule has 3 aromatic rings. The van der Waals surface area contributed by atoms with E-state index in [-0.39, 0.29) is 5.57 Å². The minimum atomic E-state index is -0.452. The smallest absolute Gasteiger partial charge is 0.261 e. The maximum atomic E-state index is 13.0. The van der Waals surface area contributed by atoms with Crippen LogP contribution in [-0.4, -0.2) is 11.8 Å². The zero-order valence-corrected chi connectivity index (χ0v) is 16.8. The number of hydrogen-bond acceptors (Lipinski definition) is 2. The van der Waals surface area contributed by atoms with Crippen LogP contribution in [0.4, 0.5) is 11.4 Å². The van der Waals surface area contributed by atoms with E-state index < -0.39 is 11.8 Å². The Bertz CT molecular complexity index is 1020. The summed E-state index contributed by atoms with van der Waals surface area (Å²) in [5, 5.41) is 5.72. The lowest BCUT2D eigenvalue weighted by molar-refractivity contribution is -0.118. The van der Waals surface area contributed by atoms with Gasteiger partial charge in [-0.2, -0.15) is 0 Å². The number of amides is 2.